The molecule has 0 aliphatic heterocycles. The van der Waals surface area contributed by atoms with Crippen molar-refractivity contribution in [2.75, 3.05) is 11.9 Å². The Labute approximate surface area is 160 Å². The van der Waals surface area contributed by atoms with Crippen LogP contribution in [0.3, 0.4) is 0 Å². The van der Waals surface area contributed by atoms with Crippen LogP contribution < -0.4 is 10.1 Å². The van der Waals surface area contributed by atoms with E-state index in [4.69, 9.17) is 9.84 Å². The fraction of sp³-hybridized carbons (Fsp3) is 0.250. The van der Waals surface area contributed by atoms with Gasteiger partial charge in [0, 0.05) is 17.6 Å². The lowest BCUT2D eigenvalue weighted by molar-refractivity contribution is -0.137. The predicted molar refractivity (Wildman–Crippen MR) is 93.5 cm³/mol. The van der Waals surface area contributed by atoms with Gasteiger partial charge in [0.05, 0.1) is 24.1 Å². The number of anilines is 2. The molecule has 3 aromatic heterocycles. The van der Waals surface area contributed by atoms with Crippen LogP contribution in [-0.4, -0.2) is 37.0 Å². The first-order valence-electron chi connectivity index (χ1n) is 7.82. The topological polar surface area (TPSA) is 113 Å². The number of pyridine rings is 1. The second kappa shape index (κ2) is 8.04. The minimum absolute atomic E-state index is 0.0106. The maximum Gasteiger partial charge on any atom is 0.418 e. The average molecular weight is 413 g/mol. The molecule has 3 N–H and O–H groups in total. The van der Waals surface area contributed by atoms with Crippen LogP contribution in [0.5, 0.6) is 11.5 Å². The maximum absolute atomic E-state index is 13.1. The van der Waals surface area contributed by atoms with E-state index in [1.165, 1.54) is 17.6 Å². The normalized spacial score (nSPS) is 12.6. The van der Waals surface area contributed by atoms with Crippen LogP contribution in [0.15, 0.2) is 29.9 Å². The van der Waals surface area contributed by atoms with Gasteiger partial charge < -0.3 is 20.3 Å². The molecule has 148 valence electrons. The molecule has 0 spiro atoms. The lowest BCUT2D eigenvalue weighted by Gasteiger charge is -2.14. The maximum atomic E-state index is 13.1. The number of nitrogens with one attached hydrogen (secondary N) is 1. The molecule has 0 aromatic carbocycles. The van der Waals surface area contributed by atoms with Crippen molar-refractivity contribution in [2.45, 2.75) is 19.2 Å². The summed E-state index contributed by atoms with van der Waals surface area (Å²) >= 11 is 1.08. The smallest absolute Gasteiger partial charge is 0.418 e. The zero-order valence-electron chi connectivity index (χ0n) is 14.3. The van der Waals surface area contributed by atoms with Crippen LogP contribution in [0.4, 0.5) is 24.1 Å². The van der Waals surface area contributed by atoms with Crippen molar-refractivity contribution in [3.8, 4) is 11.5 Å². The number of aryl methyl sites for hydroxylation is 1. The Morgan fingerprint density at radius 1 is 1.32 bits per heavy atom. The fourth-order valence-corrected chi connectivity index (χ4v) is 2.84. The third-order valence-electron chi connectivity index (χ3n) is 3.52. The summed E-state index contributed by atoms with van der Waals surface area (Å²) in [5, 5.41) is 30.6. The fourth-order valence-electron chi connectivity index (χ4n) is 2.08. The second-order valence-electron chi connectivity index (χ2n) is 5.55. The second-order valence-corrected chi connectivity index (χ2v) is 6.41. The predicted octanol–water partition coefficient (Wildman–Crippen LogP) is 3.22. The van der Waals surface area contributed by atoms with Gasteiger partial charge in [0.15, 0.2) is 22.4 Å². The van der Waals surface area contributed by atoms with E-state index >= 15 is 0 Å². The standard InChI is InChI=1S/C16H14F3N5O3S/c1-8-12(2-3-21-24-8)27-13-4-9(16(17,18)19)5-20-14(13)23-15-22-10(7-28-15)11(26)6-25/h2-5,7,11,25-26H,6H2,1H3,(H,20,22,23). The van der Waals surface area contributed by atoms with E-state index in [2.05, 4.69) is 25.5 Å². The van der Waals surface area contributed by atoms with Gasteiger partial charge in [0.25, 0.3) is 0 Å². The van der Waals surface area contributed by atoms with E-state index in [1.807, 2.05) is 0 Å². The van der Waals surface area contributed by atoms with Gasteiger partial charge in [-0.1, -0.05) is 0 Å². The zero-order valence-corrected chi connectivity index (χ0v) is 15.1. The summed E-state index contributed by atoms with van der Waals surface area (Å²) in [6.07, 6.45) is -3.74. The van der Waals surface area contributed by atoms with E-state index in [9.17, 15) is 18.3 Å². The molecule has 0 saturated heterocycles. The van der Waals surface area contributed by atoms with E-state index in [0.717, 1.165) is 17.4 Å². The summed E-state index contributed by atoms with van der Waals surface area (Å²) in [5.74, 6) is 0.0173. The van der Waals surface area contributed by atoms with Crippen LogP contribution >= 0.6 is 11.3 Å². The summed E-state index contributed by atoms with van der Waals surface area (Å²) in [4.78, 5) is 7.87. The third kappa shape index (κ3) is 4.52. The molecule has 3 heterocycles. The number of hydrogen-bond donors (Lipinski definition) is 3. The number of nitrogens with zero attached hydrogens (tertiary/aromatic N) is 4. The summed E-state index contributed by atoms with van der Waals surface area (Å²) in [6.45, 7) is 1.09. The number of aliphatic hydroxyl groups excluding tert-OH is 2. The molecule has 1 atom stereocenters. The van der Waals surface area contributed by atoms with Gasteiger partial charge in [-0.3, -0.25) is 0 Å². The lowest BCUT2D eigenvalue weighted by Crippen LogP contribution is -2.08. The molecular weight excluding hydrogens is 399 g/mol. The van der Waals surface area contributed by atoms with Crippen molar-refractivity contribution in [1.29, 1.82) is 0 Å². The van der Waals surface area contributed by atoms with Crippen molar-refractivity contribution in [3.63, 3.8) is 0 Å². The van der Waals surface area contributed by atoms with Crippen molar-refractivity contribution in [2.24, 2.45) is 0 Å². The molecule has 0 aliphatic carbocycles. The Bertz CT molecular complexity index is 967. The molecule has 3 rings (SSSR count). The zero-order chi connectivity index (χ0) is 20.3. The van der Waals surface area contributed by atoms with Crippen LogP contribution in [0.2, 0.25) is 0 Å². The van der Waals surface area contributed by atoms with Gasteiger partial charge in [0.2, 0.25) is 0 Å². The summed E-state index contributed by atoms with van der Waals surface area (Å²) in [5.41, 5.74) is -0.379. The molecule has 0 fully saturated rings. The number of thiazole rings is 1. The van der Waals surface area contributed by atoms with E-state index < -0.39 is 24.5 Å². The molecule has 28 heavy (non-hydrogen) atoms. The number of hydrogen-bond acceptors (Lipinski definition) is 9. The summed E-state index contributed by atoms with van der Waals surface area (Å²) in [7, 11) is 0. The molecule has 0 aliphatic rings. The monoisotopic (exact) mass is 413 g/mol. The van der Waals surface area contributed by atoms with E-state index in [-0.39, 0.29) is 28.1 Å². The van der Waals surface area contributed by atoms with Gasteiger partial charge in [0.1, 0.15) is 11.8 Å². The lowest BCUT2D eigenvalue weighted by atomic mass is 10.2. The van der Waals surface area contributed by atoms with Gasteiger partial charge in [-0.05, 0) is 13.0 Å². The van der Waals surface area contributed by atoms with Crippen molar-refractivity contribution < 1.29 is 28.1 Å². The van der Waals surface area contributed by atoms with Crippen LogP contribution in [0, 0.1) is 6.92 Å². The third-order valence-corrected chi connectivity index (χ3v) is 4.29. The minimum atomic E-state index is -4.60. The summed E-state index contributed by atoms with van der Waals surface area (Å²) in [6, 6.07) is 2.28. The van der Waals surface area contributed by atoms with Gasteiger partial charge in [-0.15, -0.1) is 11.3 Å². The first-order valence-corrected chi connectivity index (χ1v) is 8.70. The van der Waals surface area contributed by atoms with Crippen LogP contribution in [0.25, 0.3) is 0 Å². The Morgan fingerprint density at radius 3 is 2.79 bits per heavy atom. The molecule has 3 aromatic rings. The number of aliphatic hydroxyl groups is 2. The van der Waals surface area contributed by atoms with Crippen molar-refractivity contribution in [3.05, 3.63) is 46.9 Å². The highest BCUT2D eigenvalue weighted by molar-refractivity contribution is 7.13. The Balaban J connectivity index is 1.95. The van der Waals surface area contributed by atoms with Crippen molar-refractivity contribution in [1.82, 2.24) is 20.2 Å². The minimum Gasteiger partial charge on any atom is -0.451 e. The van der Waals surface area contributed by atoms with Crippen molar-refractivity contribution >= 4 is 22.3 Å². The summed E-state index contributed by atoms with van der Waals surface area (Å²) < 4.78 is 44.8. The van der Waals surface area contributed by atoms with Gasteiger partial charge in [-0.25, -0.2) is 9.97 Å². The molecule has 0 saturated carbocycles. The molecule has 12 heteroatoms. The molecule has 0 bridgehead atoms. The number of aromatic nitrogens is 4. The molecular formula is C16H14F3N5O3S. The average Bonchev–Trinajstić information content (AvgIpc) is 3.12. The van der Waals surface area contributed by atoms with Gasteiger partial charge in [-0.2, -0.15) is 23.4 Å². The quantitative estimate of drug-likeness (QED) is 0.565. The molecule has 0 radical (unpaired) electrons. The van der Waals surface area contributed by atoms with Gasteiger partial charge >= 0.3 is 6.18 Å². The van der Waals surface area contributed by atoms with Crippen LogP contribution in [-0.2, 0) is 6.18 Å². The highest BCUT2D eigenvalue weighted by atomic mass is 32.1. The highest BCUT2D eigenvalue weighted by Crippen LogP contribution is 2.37. The molecule has 0 amide bonds. The highest BCUT2D eigenvalue weighted by Gasteiger charge is 2.32. The first kappa shape index (κ1) is 19.9. The SMILES string of the molecule is Cc1nnccc1Oc1cc(C(F)(F)F)cnc1Nc1nc(C(O)CO)cs1. The number of rotatable bonds is 6. The Hall–Kier alpha value is -2.83. The molecule has 8 nitrogen and oxygen atoms in total. The van der Waals surface area contributed by atoms with E-state index in [0.29, 0.717) is 11.9 Å². The number of halogens is 3. The Kier molecular flexibility index (Phi) is 5.72. The van der Waals surface area contributed by atoms with E-state index in [1.54, 1.807) is 6.92 Å². The first-order chi connectivity index (χ1) is 13.3. The number of alkyl halides is 3. The Morgan fingerprint density at radius 2 is 2.11 bits per heavy atom. The number of ether oxygens (including phenoxy) is 1. The molecule has 1 unspecified atom stereocenters. The largest absolute Gasteiger partial charge is 0.451 e. The van der Waals surface area contributed by atoms with Crippen LogP contribution in [0.1, 0.15) is 23.1 Å².